The lowest BCUT2D eigenvalue weighted by molar-refractivity contribution is -0.150. The van der Waals surface area contributed by atoms with Crippen LogP contribution in [0.1, 0.15) is 26.2 Å². The van der Waals surface area contributed by atoms with Gasteiger partial charge >= 0.3 is 5.97 Å². The first-order valence-electron chi connectivity index (χ1n) is 5.97. The van der Waals surface area contributed by atoms with Crippen molar-refractivity contribution in [1.82, 2.24) is 10.2 Å². The van der Waals surface area contributed by atoms with Crippen molar-refractivity contribution in [3.8, 4) is 0 Å². The highest BCUT2D eigenvalue weighted by atomic mass is 32.2. The van der Waals surface area contributed by atoms with E-state index in [4.69, 9.17) is 5.11 Å². The highest BCUT2D eigenvalue weighted by Gasteiger charge is 2.46. The Labute approximate surface area is 105 Å². The number of rotatable bonds is 3. The van der Waals surface area contributed by atoms with Gasteiger partial charge < -0.3 is 15.3 Å². The largest absolute Gasteiger partial charge is 0.480 e. The molecule has 2 saturated heterocycles. The van der Waals surface area contributed by atoms with Crippen molar-refractivity contribution in [2.24, 2.45) is 0 Å². The van der Waals surface area contributed by atoms with Crippen molar-refractivity contribution in [2.45, 2.75) is 37.8 Å². The topological polar surface area (TPSA) is 69.6 Å². The third-order valence-electron chi connectivity index (χ3n) is 3.68. The average molecular weight is 258 g/mol. The summed E-state index contributed by atoms with van der Waals surface area (Å²) in [4.78, 5) is 25.1. The molecule has 2 N–H and O–H groups in total. The van der Waals surface area contributed by atoms with Gasteiger partial charge in [0.1, 0.15) is 6.04 Å². The maximum absolute atomic E-state index is 12.5. The first kappa shape index (κ1) is 12.7. The molecular formula is C11H18N2O3S. The Bertz CT molecular complexity index is 329. The Morgan fingerprint density at radius 2 is 2.35 bits per heavy atom. The van der Waals surface area contributed by atoms with Crippen LogP contribution in [0.3, 0.4) is 0 Å². The molecule has 1 unspecified atom stereocenters. The van der Waals surface area contributed by atoms with Crippen molar-refractivity contribution in [1.29, 1.82) is 0 Å². The molecule has 0 aromatic heterocycles. The number of nitrogens with one attached hydrogen (secondary N) is 1. The summed E-state index contributed by atoms with van der Waals surface area (Å²) in [6, 6.07) is -0.654. The van der Waals surface area contributed by atoms with Gasteiger partial charge in [0.25, 0.3) is 0 Å². The number of thioether (sulfide) groups is 1. The molecule has 17 heavy (non-hydrogen) atoms. The predicted molar refractivity (Wildman–Crippen MR) is 65.9 cm³/mol. The molecular weight excluding hydrogens is 240 g/mol. The maximum atomic E-state index is 12.5. The van der Waals surface area contributed by atoms with Gasteiger partial charge in [-0.05, 0) is 25.8 Å². The fourth-order valence-corrected chi connectivity index (χ4v) is 3.71. The highest BCUT2D eigenvalue weighted by Crippen LogP contribution is 2.30. The molecule has 0 spiro atoms. The van der Waals surface area contributed by atoms with Gasteiger partial charge in [-0.3, -0.25) is 4.79 Å². The second kappa shape index (κ2) is 4.86. The molecule has 2 atom stereocenters. The Balaban J connectivity index is 2.15. The van der Waals surface area contributed by atoms with E-state index >= 15 is 0 Å². The third-order valence-corrected chi connectivity index (χ3v) is 4.70. The first-order valence-corrected chi connectivity index (χ1v) is 7.13. The zero-order valence-corrected chi connectivity index (χ0v) is 10.8. The minimum absolute atomic E-state index is 0.0325. The molecule has 0 saturated carbocycles. The van der Waals surface area contributed by atoms with Crippen LogP contribution in [0.2, 0.25) is 0 Å². The van der Waals surface area contributed by atoms with E-state index in [9.17, 15) is 9.59 Å². The average Bonchev–Trinajstić information content (AvgIpc) is 2.98. The summed E-state index contributed by atoms with van der Waals surface area (Å²) >= 11 is 1.51. The van der Waals surface area contributed by atoms with Gasteiger partial charge in [-0.1, -0.05) is 6.92 Å². The van der Waals surface area contributed by atoms with E-state index in [1.807, 2.05) is 6.92 Å². The van der Waals surface area contributed by atoms with Crippen LogP contribution in [-0.2, 0) is 9.59 Å². The van der Waals surface area contributed by atoms with E-state index in [0.717, 1.165) is 25.8 Å². The van der Waals surface area contributed by atoms with Crippen molar-refractivity contribution in [3.05, 3.63) is 0 Å². The van der Waals surface area contributed by atoms with Crippen LogP contribution in [0.4, 0.5) is 0 Å². The Morgan fingerprint density at radius 1 is 1.59 bits per heavy atom. The van der Waals surface area contributed by atoms with Crippen LogP contribution in [-0.4, -0.2) is 51.6 Å². The van der Waals surface area contributed by atoms with Gasteiger partial charge in [-0.25, -0.2) is 4.79 Å². The molecule has 1 amide bonds. The minimum atomic E-state index is -0.896. The second-order valence-corrected chi connectivity index (χ2v) is 5.59. The molecule has 0 aromatic rings. The van der Waals surface area contributed by atoms with Gasteiger partial charge in [0, 0.05) is 5.75 Å². The third kappa shape index (κ3) is 2.15. The Morgan fingerprint density at radius 3 is 2.88 bits per heavy atom. The van der Waals surface area contributed by atoms with Crippen molar-refractivity contribution in [3.63, 3.8) is 0 Å². The molecule has 2 aliphatic heterocycles. The van der Waals surface area contributed by atoms with E-state index < -0.39 is 17.6 Å². The lowest BCUT2D eigenvalue weighted by Gasteiger charge is -2.33. The molecule has 0 aromatic carbocycles. The van der Waals surface area contributed by atoms with Gasteiger partial charge in [0.2, 0.25) is 5.91 Å². The smallest absolute Gasteiger partial charge is 0.327 e. The molecule has 5 nitrogen and oxygen atoms in total. The SMILES string of the molecule is CCC1(C(=O)N2CSC[C@H]2C(=O)O)CCCN1. The van der Waals surface area contributed by atoms with Crippen molar-refractivity contribution < 1.29 is 14.7 Å². The molecule has 6 heteroatoms. The molecule has 0 bridgehead atoms. The zero-order valence-electron chi connectivity index (χ0n) is 9.94. The summed E-state index contributed by atoms with van der Waals surface area (Å²) in [6.07, 6.45) is 2.52. The molecule has 2 fully saturated rings. The number of hydrogen-bond donors (Lipinski definition) is 2. The van der Waals surface area contributed by atoms with Gasteiger partial charge in [0.15, 0.2) is 0 Å². The van der Waals surface area contributed by atoms with Crippen molar-refractivity contribution in [2.75, 3.05) is 18.2 Å². The van der Waals surface area contributed by atoms with E-state index in [1.165, 1.54) is 16.7 Å². The number of carbonyl (C=O) groups excluding carboxylic acids is 1. The summed E-state index contributed by atoms with van der Waals surface area (Å²) in [6.45, 7) is 2.83. The summed E-state index contributed by atoms with van der Waals surface area (Å²) < 4.78 is 0. The zero-order chi connectivity index (χ0) is 12.5. The van der Waals surface area contributed by atoms with Crippen molar-refractivity contribution >= 4 is 23.6 Å². The summed E-state index contributed by atoms with van der Waals surface area (Å²) in [5.41, 5.74) is -0.515. The number of amides is 1. The maximum Gasteiger partial charge on any atom is 0.327 e. The number of carbonyl (C=O) groups is 2. The Kier molecular flexibility index (Phi) is 3.63. The van der Waals surface area contributed by atoms with E-state index in [-0.39, 0.29) is 5.91 Å². The standard InChI is InChI=1S/C11H18N2O3S/c1-2-11(4-3-5-12-11)10(16)13-7-17-6-8(13)9(14)15/h8,12H,2-7H2,1H3,(H,14,15)/t8-,11?/m0/s1. The van der Waals surface area contributed by atoms with Crippen LogP contribution in [0, 0.1) is 0 Å². The van der Waals surface area contributed by atoms with E-state index in [0.29, 0.717) is 11.6 Å². The summed E-state index contributed by atoms with van der Waals surface area (Å²) in [5.74, 6) is 0.0719. The Hall–Kier alpha value is -0.750. The molecule has 2 heterocycles. The predicted octanol–water partition coefficient (Wildman–Crippen LogP) is 0.505. The van der Waals surface area contributed by atoms with Crippen LogP contribution in [0.5, 0.6) is 0 Å². The fourth-order valence-electron chi connectivity index (χ4n) is 2.56. The normalized spacial score (nSPS) is 33.0. The van der Waals surface area contributed by atoms with Crippen LogP contribution in [0.25, 0.3) is 0 Å². The highest BCUT2D eigenvalue weighted by molar-refractivity contribution is 7.99. The lowest BCUT2D eigenvalue weighted by atomic mass is 9.92. The molecule has 96 valence electrons. The summed E-state index contributed by atoms with van der Waals surface area (Å²) in [5, 5.41) is 12.4. The second-order valence-electron chi connectivity index (χ2n) is 4.59. The quantitative estimate of drug-likeness (QED) is 0.771. The minimum Gasteiger partial charge on any atom is -0.480 e. The number of hydrogen-bond acceptors (Lipinski definition) is 4. The number of nitrogens with zero attached hydrogens (tertiary/aromatic N) is 1. The van der Waals surface area contributed by atoms with Gasteiger partial charge in [-0.2, -0.15) is 0 Å². The monoisotopic (exact) mass is 258 g/mol. The van der Waals surface area contributed by atoms with Crippen LogP contribution in [0.15, 0.2) is 0 Å². The van der Waals surface area contributed by atoms with Crippen LogP contribution >= 0.6 is 11.8 Å². The molecule has 2 rings (SSSR count). The molecule has 2 aliphatic rings. The number of carboxylic acid groups (broad SMARTS) is 1. The number of aliphatic carboxylic acids is 1. The molecule has 0 radical (unpaired) electrons. The number of carboxylic acids is 1. The molecule has 0 aliphatic carbocycles. The van der Waals surface area contributed by atoms with Crippen LogP contribution < -0.4 is 5.32 Å². The lowest BCUT2D eigenvalue weighted by Crippen LogP contribution is -2.57. The first-order chi connectivity index (χ1) is 8.10. The van der Waals surface area contributed by atoms with Gasteiger partial charge in [0.05, 0.1) is 11.4 Å². The van der Waals surface area contributed by atoms with E-state index in [1.54, 1.807) is 0 Å². The van der Waals surface area contributed by atoms with E-state index in [2.05, 4.69) is 5.32 Å². The summed E-state index contributed by atoms with van der Waals surface area (Å²) in [7, 11) is 0. The van der Waals surface area contributed by atoms with Gasteiger partial charge in [-0.15, -0.1) is 11.8 Å². The fraction of sp³-hybridized carbons (Fsp3) is 0.818.